The highest BCUT2D eigenvalue weighted by Crippen LogP contribution is 2.19. The van der Waals surface area contributed by atoms with Gasteiger partial charge in [0.25, 0.3) is 0 Å². The quantitative estimate of drug-likeness (QED) is 0.743. The minimum absolute atomic E-state index is 0.125. The van der Waals surface area contributed by atoms with Crippen molar-refractivity contribution in [1.82, 2.24) is 15.0 Å². The lowest BCUT2D eigenvalue weighted by Gasteiger charge is -2.18. The first-order valence-electron chi connectivity index (χ1n) is 6.36. The van der Waals surface area contributed by atoms with Gasteiger partial charge in [-0.3, -0.25) is 4.98 Å². The number of rotatable bonds is 3. The Morgan fingerprint density at radius 2 is 1.95 bits per heavy atom. The molecule has 0 aliphatic carbocycles. The molecule has 2 aromatic heterocycles. The number of halogens is 2. The lowest BCUT2D eigenvalue weighted by Crippen LogP contribution is -2.17. The molecule has 0 aliphatic rings. The minimum Gasteiger partial charge on any atom is -0.355 e. The zero-order chi connectivity index (χ0) is 14.8. The molecule has 0 N–H and O–H groups in total. The van der Waals surface area contributed by atoms with Gasteiger partial charge in [-0.2, -0.15) is 0 Å². The van der Waals surface area contributed by atoms with Crippen molar-refractivity contribution in [3.8, 4) is 0 Å². The molecule has 0 radical (unpaired) electrons. The fourth-order valence-corrected chi connectivity index (χ4v) is 2.17. The number of hydrogen-bond acceptors (Lipinski definition) is 4. The summed E-state index contributed by atoms with van der Waals surface area (Å²) < 4.78 is 13.5. The summed E-state index contributed by atoms with van der Waals surface area (Å²) in [5.41, 5.74) is 2.15. The van der Waals surface area contributed by atoms with Crippen LogP contribution in [0.15, 0.2) is 42.7 Å². The van der Waals surface area contributed by atoms with Gasteiger partial charge >= 0.3 is 0 Å². The molecule has 0 amide bonds. The zero-order valence-electron chi connectivity index (χ0n) is 11.3. The Morgan fingerprint density at radius 1 is 1.14 bits per heavy atom. The monoisotopic (exact) mass is 302 g/mol. The molecule has 0 aliphatic heterocycles. The number of benzene rings is 1. The summed E-state index contributed by atoms with van der Waals surface area (Å²) in [7, 11) is 1.89. The van der Waals surface area contributed by atoms with Crippen LogP contribution in [-0.4, -0.2) is 22.0 Å². The number of fused-ring (bicyclic) bond motifs is 1. The Bertz CT molecular complexity index is 793. The molecular formula is C15H12ClFN4. The smallest absolute Gasteiger partial charge is 0.180 e. The molecule has 21 heavy (non-hydrogen) atoms. The Morgan fingerprint density at radius 3 is 2.76 bits per heavy atom. The highest BCUT2D eigenvalue weighted by atomic mass is 35.5. The van der Waals surface area contributed by atoms with Crippen LogP contribution in [-0.2, 0) is 6.54 Å². The summed E-state index contributed by atoms with van der Waals surface area (Å²) in [5, 5.41) is 0.125. The maximum Gasteiger partial charge on any atom is 0.180 e. The molecule has 0 saturated carbocycles. The van der Waals surface area contributed by atoms with E-state index in [0.717, 1.165) is 16.9 Å². The molecule has 4 nitrogen and oxygen atoms in total. The average molecular weight is 303 g/mol. The molecule has 0 bridgehead atoms. The fraction of sp³-hybridized carbons (Fsp3) is 0.133. The van der Waals surface area contributed by atoms with Crippen LogP contribution in [0.4, 0.5) is 10.2 Å². The van der Waals surface area contributed by atoms with Crippen molar-refractivity contribution >= 4 is 28.6 Å². The first kappa shape index (κ1) is 13.7. The van der Waals surface area contributed by atoms with Crippen molar-refractivity contribution in [1.29, 1.82) is 0 Å². The van der Waals surface area contributed by atoms with Gasteiger partial charge in [0.05, 0.1) is 5.02 Å². The molecule has 0 atom stereocenters. The van der Waals surface area contributed by atoms with Crippen molar-refractivity contribution in [2.24, 2.45) is 0 Å². The van der Waals surface area contributed by atoms with Crippen molar-refractivity contribution in [2.45, 2.75) is 6.54 Å². The molecule has 106 valence electrons. The van der Waals surface area contributed by atoms with Crippen LogP contribution in [0.25, 0.3) is 11.2 Å². The van der Waals surface area contributed by atoms with E-state index >= 15 is 0 Å². The first-order valence-corrected chi connectivity index (χ1v) is 6.74. The van der Waals surface area contributed by atoms with E-state index in [0.29, 0.717) is 12.2 Å². The second-order valence-electron chi connectivity index (χ2n) is 4.67. The fourth-order valence-electron chi connectivity index (χ4n) is 2.05. The predicted octanol–water partition coefficient (Wildman–Crippen LogP) is 3.45. The molecule has 2 heterocycles. The van der Waals surface area contributed by atoms with Crippen LogP contribution in [0.1, 0.15) is 5.56 Å². The van der Waals surface area contributed by atoms with Gasteiger partial charge in [0.2, 0.25) is 0 Å². The first-order chi connectivity index (χ1) is 10.1. The van der Waals surface area contributed by atoms with E-state index in [1.54, 1.807) is 24.5 Å². The summed E-state index contributed by atoms with van der Waals surface area (Å²) in [6.07, 6.45) is 3.23. The number of anilines is 1. The number of hydrogen-bond donors (Lipinski definition) is 0. The molecule has 3 aromatic rings. The normalized spacial score (nSPS) is 10.8. The Balaban J connectivity index is 1.85. The third-order valence-electron chi connectivity index (χ3n) is 3.11. The van der Waals surface area contributed by atoms with Gasteiger partial charge in [-0.05, 0) is 29.8 Å². The largest absolute Gasteiger partial charge is 0.355 e. The highest BCUT2D eigenvalue weighted by molar-refractivity contribution is 6.30. The summed E-state index contributed by atoms with van der Waals surface area (Å²) in [6.45, 7) is 0.521. The van der Waals surface area contributed by atoms with Crippen LogP contribution < -0.4 is 4.90 Å². The molecule has 6 heteroatoms. The Kier molecular flexibility index (Phi) is 3.66. The predicted molar refractivity (Wildman–Crippen MR) is 80.9 cm³/mol. The minimum atomic E-state index is -0.417. The molecule has 0 saturated heterocycles. The van der Waals surface area contributed by atoms with Gasteiger partial charge in [-0.25, -0.2) is 14.4 Å². The Hall–Kier alpha value is -2.27. The molecule has 1 aromatic carbocycles. The van der Waals surface area contributed by atoms with E-state index < -0.39 is 5.82 Å². The van der Waals surface area contributed by atoms with E-state index in [2.05, 4.69) is 15.0 Å². The molecule has 0 unspecified atom stereocenters. The van der Waals surface area contributed by atoms with Crippen molar-refractivity contribution in [2.75, 3.05) is 11.9 Å². The van der Waals surface area contributed by atoms with Crippen molar-refractivity contribution in [3.63, 3.8) is 0 Å². The van der Waals surface area contributed by atoms with E-state index in [9.17, 15) is 4.39 Å². The topological polar surface area (TPSA) is 41.9 Å². The number of pyridine rings is 1. The van der Waals surface area contributed by atoms with E-state index in [4.69, 9.17) is 11.6 Å². The molecular weight excluding hydrogens is 291 g/mol. The van der Waals surface area contributed by atoms with Gasteiger partial charge in [-0.15, -0.1) is 0 Å². The number of aromatic nitrogens is 3. The Labute approximate surface area is 126 Å². The van der Waals surface area contributed by atoms with Gasteiger partial charge < -0.3 is 4.90 Å². The summed E-state index contributed by atoms with van der Waals surface area (Å²) in [4.78, 5) is 14.7. The van der Waals surface area contributed by atoms with Gasteiger partial charge in [0, 0.05) is 26.0 Å². The van der Waals surface area contributed by atoms with Crippen LogP contribution in [0.5, 0.6) is 0 Å². The summed E-state index contributed by atoms with van der Waals surface area (Å²) >= 11 is 5.68. The van der Waals surface area contributed by atoms with Crippen LogP contribution in [0.3, 0.4) is 0 Å². The van der Waals surface area contributed by atoms with Crippen LogP contribution >= 0.6 is 11.6 Å². The lowest BCUT2D eigenvalue weighted by atomic mass is 10.2. The van der Waals surface area contributed by atoms with Crippen LogP contribution in [0, 0.1) is 5.82 Å². The van der Waals surface area contributed by atoms with Gasteiger partial charge in [0.15, 0.2) is 5.65 Å². The second kappa shape index (κ2) is 5.61. The third-order valence-corrected chi connectivity index (χ3v) is 3.42. The molecule has 0 fully saturated rings. The summed E-state index contributed by atoms with van der Waals surface area (Å²) in [5.74, 6) is 0.332. The zero-order valence-corrected chi connectivity index (χ0v) is 12.0. The standard InChI is InChI=1S/C15H12ClFN4/c1-21(9-10-2-3-11(16)12(17)8-10)14-5-4-13-15(20-14)19-7-6-18-13/h2-8H,9H2,1H3. The highest BCUT2D eigenvalue weighted by Gasteiger charge is 2.07. The van der Waals surface area contributed by atoms with Crippen molar-refractivity contribution in [3.05, 3.63) is 59.1 Å². The van der Waals surface area contributed by atoms with Gasteiger partial charge in [-0.1, -0.05) is 17.7 Å². The van der Waals surface area contributed by atoms with E-state index in [1.807, 2.05) is 24.1 Å². The SMILES string of the molecule is CN(Cc1ccc(Cl)c(F)c1)c1ccc2nccnc2n1. The maximum absolute atomic E-state index is 13.5. The van der Waals surface area contributed by atoms with Crippen LogP contribution in [0.2, 0.25) is 5.02 Å². The van der Waals surface area contributed by atoms with Gasteiger partial charge in [0.1, 0.15) is 17.2 Å². The lowest BCUT2D eigenvalue weighted by molar-refractivity contribution is 0.625. The van der Waals surface area contributed by atoms with E-state index in [1.165, 1.54) is 6.07 Å². The van der Waals surface area contributed by atoms with Crippen molar-refractivity contribution < 1.29 is 4.39 Å². The second-order valence-corrected chi connectivity index (χ2v) is 5.08. The maximum atomic E-state index is 13.5. The summed E-state index contributed by atoms with van der Waals surface area (Å²) in [6, 6.07) is 8.51. The third kappa shape index (κ3) is 2.92. The number of nitrogens with zero attached hydrogens (tertiary/aromatic N) is 4. The van der Waals surface area contributed by atoms with E-state index in [-0.39, 0.29) is 5.02 Å². The average Bonchev–Trinajstić information content (AvgIpc) is 2.50. The molecule has 0 spiro atoms. The molecule has 3 rings (SSSR count).